The molecule has 1 fully saturated rings. The van der Waals surface area contributed by atoms with Gasteiger partial charge in [0.25, 0.3) is 0 Å². The summed E-state index contributed by atoms with van der Waals surface area (Å²) in [5.41, 5.74) is 5.56. The molecular weight excluding hydrogens is 112 g/mol. The molecule has 3 N–H and O–H groups in total. The van der Waals surface area contributed by atoms with Gasteiger partial charge in [-0.2, -0.15) is 0 Å². The topological polar surface area (TPSA) is 38.0 Å². The van der Waals surface area contributed by atoms with E-state index in [2.05, 4.69) is 5.32 Å². The monoisotopic (exact) mass is 128 g/mol. The third kappa shape index (κ3) is 2.33. The molecular formula is C7H16N2. The molecule has 2 heteroatoms. The van der Waals surface area contributed by atoms with Crippen LogP contribution in [0.5, 0.6) is 0 Å². The van der Waals surface area contributed by atoms with Gasteiger partial charge < -0.3 is 11.1 Å². The molecule has 54 valence electrons. The average molecular weight is 128 g/mol. The van der Waals surface area contributed by atoms with Crippen LogP contribution in [-0.2, 0) is 0 Å². The maximum Gasteiger partial charge on any atom is 0.0136 e. The minimum absolute atomic E-state index is 0.311. The molecule has 0 aromatic carbocycles. The van der Waals surface area contributed by atoms with E-state index < -0.39 is 0 Å². The second kappa shape index (κ2) is 3.18. The van der Waals surface area contributed by atoms with Crippen LogP contribution in [-0.4, -0.2) is 18.6 Å². The average Bonchev–Trinajstić information content (AvgIpc) is 1.60. The van der Waals surface area contributed by atoms with Gasteiger partial charge >= 0.3 is 0 Å². The first-order chi connectivity index (χ1) is 4.29. The molecule has 0 spiro atoms. The highest BCUT2D eigenvalue weighted by Gasteiger charge is 2.15. The van der Waals surface area contributed by atoms with E-state index in [0.29, 0.717) is 6.04 Å². The van der Waals surface area contributed by atoms with Gasteiger partial charge in [-0.1, -0.05) is 6.42 Å². The minimum Gasteiger partial charge on any atom is -0.327 e. The highest BCUT2D eigenvalue weighted by atomic mass is 14.9. The largest absolute Gasteiger partial charge is 0.327 e. The number of nitrogens with one attached hydrogen (secondary N) is 1. The molecule has 0 aromatic rings. The normalized spacial score (nSPS) is 23.3. The van der Waals surface area contributed by atoms with Gasteiger partial charge in [0, 0.05) is 18.6 Å². The van der Waals surface area contributed by atoms with Crippen molar-refractivity contribution in [1.29, 1.82) is 0 Å². The SMILES string of the molecule is CC(N)CNC1CCC1. The van der Waals surface area contributed by atoms with Gasteiger partial charge in [-0.3, -0.25) is 0 Å². The lowest BCUT2D eigenvalue weighted by atomic mass is 9.93. The summed E-state index contributed by atoms with van der Waals surface area (Å²) in [6.07, 6.45) is 4.11. The molecule has 1 unspecified atom stereocenters. The quantitative estimate of drug-likeness (QED) is 0.580. The zero-order chi connectivity index (χ0) is 6.69. The van der Waals surface area contributed by atoms with E-state index in [1.807, 2.05) is 6.92 Å². The Labute approximate surface area is 56.8 Å². The van der Waals surface area contributed by atoms with Crippen LogP contribution in [0.2, 0.25) is 0 Å². The Bertz CT molecular complexity index is 77.0. The van der Waals surface area contributed by atoms with Crippen molar-refractivity contribution in [2.45, 2.75) is 38.3 Å². The first-order valence-electron chi connectivity index (χ1n) is 3.78. The summed E-state index contributed by atoms with van der Waals surface area (Å²) in [4.78, 5) is 0. The number of rotatable bonds is 3. The zero-order valence-electron chi connectivity index (χ0n) is 6.06. The second-order valence-electron chi connectivity index (χ2n) is 3.01. The van der Waals surface area contributed by atoms with Crippen LogP contribution < -0.4 is 11.1 Å². The molecule has 0 saturated heterocycles. The van der Waals surface area contributed by atoms with E-state index in [0.717, 1.165) is 12.6 Å². The Morgan fingerprint density at radius 1 is 1.67 bits per heavy atom. The van der Waals surface area contributed by atoms with Crippen LogP contribution in [0.1, 0.15) is 26.2 Å². The maximum absolute atomic E-state index is 5.56. The number of hydrogen-bond acceptors (Lipinski definition) is 2. The van der Waals surface area contributed by atoms with Crippen molar-refractivity contribution in [3.63, 3.8) is 0 Å². The van der Waals surface area contributed by atoms with E-state index in [-0.39, 0.29) is 0 Å². The van der Waals surface area contributed by atoms with Crippen LogP contribution in [0.4, 0.5) is 0 Å². The Morgan fingerprint density at radius 2 is 2.33 bits per heavy atom. The van der Waals surface area contributed by atoms with Crippen molar-refractivity contribution in [3.05, 3.63) is 0 Å². The van der Waals surface area contributed by atoms with Crippen LogP contribution in [0.3, 0.4) is 0 Å². The first-order valence-corrected chi connectivity index (χ1v) is 3.78. The van der Waals surface area contributed by atoms with Crippen molar-refractivity contribution in [1.82, 2.24) is 5.32 Å². The summed E-state index contributed by atoms with van der Waals surface area (Å²) in [5.74, 6) is 0. The molecule has 1 aliphatic rings. The molecule has 0 aliphatic heterocycles. The molecule has 0 heterocycles. The number of nitrogens with two attached hydrogens (primary N) is 1. The lowest BCUT2D eigenvalue weighted by Crippen LogP contribution is -2.41. The molecule has 1 aliphatic carbocycles. The molecule has 0 radical (unpaired) electrons. The van der Waals surface area contributed by atoms with E-state index in [1.165, 1.54) is 19.3 Å². The minimum atomic E-state index is 0.311. The van der Waals surface area contributed by atoms with Gasteiger partial charge in [-0.15, -0.1) is 0 Å². The number of hydrogen-bond donors (Lipinski definition) is 2. The standard InChI is InChI=1S/C7H16N2/c1-6(8)5-9-7-3-2-4-7/h6-7,9H,2-5,8H2,1H3. The zero-order valence-corrected chi connectivity index (χ0v) is 6.06. The Morgan fingerprint density at radius 3 is 2.67 bits per heavy atom. The van der Waals surface area contributed by atoms with Gasteiger partial charge in [0.05, 0.1) is 0 Å². The highest BCUT2D eigenvalue weighted by molar-refractivity contribution is 4.77. The summed E-state index contributed by atoms with van der Waals surface area (Å²) in [7, 11) is 0. The Balaban J connectivity index is 1.91. The lowest BCUT2D eigenvalue weighted by molar-refractivity contribution is 0.334. The summed E-state index contributed by atoms with van der Waals surface area (Å²) in [6, 6.07) is 1.10. The summed E-state index contributed by atoms with van der Waals surface area (Å²) >= 11 is 0. The third-order valence-electron chi connectivity index (χ3n) is 1.83. The molecule has 1 atom stereocenters. The predicted octanol–water partition coefficient (Wildman–Crippen LogP) is 0.476. The van der Waals surface area contributed by atoms with Crippen LogP contribution >= 0.6 is 0 Å². The molecule has 1 saturated carbocycles. The third-order valence-corrected chi connectivity index (χ3v) is 1.83. The van der Waals surface area contributed by atoms with Crippen LogP contribution in [0, 0.1) is 0 Å². The molecule has 2 nitrogen and oxygen atoms in total. The Hall–Kier alpha value is -0.0800. The van der Waals surface area contributed by atoms with Gasteiger partial charge in [0.15, 0.2) is 0 Å². The summed E-state index contributed by atoms with van der Waals surface area (Å²) in [5, 5.41) is 3.39. The van der Waals surface area contributed by atoms with Gasteiger partial charge in [0.2, 0.25) is 0 Å². The molecule has 0 aromatic heterocycles. The van der Waals surface area contributed by atoms with Crippen LogP contribution in [0.25, 0.3) is 0 Å². The van der Waals surface area contributed by atoms with Crippen molar-refractivity contribution < 1.29 is 0 Å². The Kier molecular flexibility index (Phi) is 2.49. The van der Waals surface area contributed by atoms with Gasteiger partial charge in [-0.25, -0.2) is 0 Å². The first kappa shape index (κ1) is 7.03. The molecule has 9 heavy (non-hydrogen) atoms. The van der Waals surface area contributed by atoms with E-state index in [4.69, 9.17) is 5.73 Å². The van der Waals surface area contributed by atoms with Crippen molar-refractivity contribution in [2.24, 2.45) is 5.73 Å². The van der Waals surface area contributed by atoms with Crippen molar-refractivity contribution in [2.75, 3.05) is 6.54 Å². The molecule has 0 bridgehead atoms. The smallest absolute Gasteiger partial charge is 0.0136 e. The molecule has 0 amide bonds. The molecule has 1 rings (SSSR count). The summed E-state index contributed by atoms with van der Waals surface area (Å²) < 4.78 is 0. The fourth-order valence-corrected chi connectivity index (χ4v) is 0.965. The van der Waals surface area contributed by atoms with Crippen molar-refractivity contribution in [3.8, 4) is 0 Å². The van der Waals surface area contributed by atoms with E-state index >= 15 is 0 Å². The fraction of sp³-hybridized carbons (Fsp3) is 1.00. The maximum atomic E-state index is 5.56. The van der Waals surface area contributed by atoms with E-state index in [9.17, 15) is 0 Å². The van der Waals surface area contributed by atoms with Crippen molar-refractivity contribution >= 4 is 0 Å². The van der Waals surface area contributed by atoms with Gasteiger partial charge in [0.1, 0.15) is 0 Å². The summed E-state index contributed by atoms with van der Waals surface area (Å²) in [6.45, 7) is 3.01. The van der Waals surface area contributed by atoms with Crippen LogP contribution in [0.15, 0.2) is 0 Å². The fourth-order valence-electron chi connectivity index (χ4n) is 0.965. The van der Waals surface area contributed by atoms with E-state index in [1.54, 1.807) is 0 Å². The lowest BCUT2D eigenvalue weighted by Gasteiger charge is -2.27. The predicted molar refractivity (Wildman–Crippen MR) is 39.3 cm³/mol. The second-order valence-corrected chi connectivity index (χ2v) is 3.01. The van der Waals surface area contributed by atoms with Gasteiger partial charge in [-0.05, 0) is 19.8 Å². The highest BCUT2D eigenvalue weighted by Crippen LogP contribution is 2.17.